The normalized spacial score (nSPS) is 14.8. The van der Waals surface area contributed by atoms with Gasteiger partial charge in [0.05, 0.1) is 6.61 Å². The second-order valence-corrected chi connectivity index (χ2v) is 5.53. The van der Waals surface area contributed by atoms with Crippen LogP contribution in [0.5, 0.6) is 5.75 Å². The number of benzene rings is 1. The Kier molecular flexibility index (Phi) is 6.92. The van der Waals surface area contributed by atoms with Crippen LogP contribution in [-0.2, 0) is 0 Å². The van der Waals surface area contributed by atoms with E-state index in [-0.39, 0.29) is 0 Å². The molecule has 4 heteroatoms. The number of para-hydroxylation sites is 1. The van der Waals surface area contributed by atoms with Crippen LogP contribution in [0.15, 0.2) is 35.3 Å². The molecule has 1 fully saturated rings. The van der Waals surface area contributed by atoms with E-state index in [9.17, 15) is 0 Å². The fourth-order valence-corrected chi connectivity index (χ4v) is 2.21. The van der Waals surface area contributed by atoms with Gasteiger partial charge in [0.1, 0.15) is 5.75 Å². The minimum Gasteiger partial charge on any atom is -0.494 e. The van der Waals surface area contributed by atoms with Gasteiger partial charge in [-0.2, -0.15) is 0 Å². The highest BCUT2D eigenvalue weighted by atomic mass is 16.5. The smallest absolute Gasteiger partial charge is 0.190 e. The zero-order valence-electron chi connectivity index (χ0n) is 13.0. The van der Waals surface area contributed by atoms with Gasteiger partial charge in [-0.25, -0.2) is 0 Å². The summed E-state index contributed by atoms with van der Waals surface area (Å²) in [5.74, 6) is 2.84. The lowest BCUT2D eigenvalue weighted by molar-refractivity contribution is 0.311. The van der Waals surface area contributed by atoms with E-state index in [2.05, 4.69) is 15.6 Å². The molecule has 1 saturated carbocycles. The molecule has 0 aliphatic heterocycles. The first-order valence-electron chi connectivity index (χ1n) is 8.01. The van der Waals surface area contributed by atoms with Crippen molar-refractivity contribution in [3.8, 4) is 5.75 Å². The maximum Gasteiger partial charge on any atom is 0.190 e. The first-order valence-corrected chi connectivity index (χ1v) is 8.01. The maximum absolute atomic E-state index is 5.65. The van der Waals surface area contributed by atoms with Crippen LogP contribution in [0.3, 0.4) is 0 Å². The van der Waals surface area contributed by atoms with E-state index in [1.54, 1.807) is 0 Å². The quantitative estimate of drug-likeness (QED) is 0.417. The van der Waals surface area contributed by atoms with Gasteiger partial charge >= 0.3 is 0 Å². The molecule has 0 heterocycles. The van der Waals surface area contributed by atoms with Crippen LogP contribution < -0.4 is 15.4 Å². The molecule has 2 rings (SSSR count). The third-order valence-electron chi connectivity index (χ3n) is 3.63. The number of nitrogens with one attached hydrogen (secondary N) is 2. The van der Waals surface area contributed by atoms with E-state index in [0.717, 1.165) is 43.7 Å². The van der Waals surface area contributed by atoms with Gasteiger partial charge in [0.15, 0.2) is 5.96 Å². The fraction of sp³-hybridized carbons (Fsp3) is 0.588. The van der Waals surface area contributed by atoms with Crippen LogP contribution in [0.25, 0.3) is 0 Å². The second kappa shape index (κ2) is 9.27. The molecular formula is C17H27N3O. The van der Waals surface area contributed by atoms with Gasteiger partial charge < -0.3 is 15.4 Å². The number of rotatable bonds is 9. The molecule has 2 N–H and O–H groups in total. The van der Waals surface area contributed by atoms with Crippen molar-refractivity contribution in [2.45, 2.75) is 32.1 Å². The first kappa shape index (κ1) is 15.7. The maximum atomic E-state index is 5.65. The standard InChI is InChI=1S/C17H27N3O/c1-18-17(19-12-5-7-15-10-11-15)20-13-6-14-21-16-8-3-2-4-9-16/h2-4,8-9,15H,5-7,10-14H2,1H3,(H2,18,19,20). The molecule has 0 aromatic heterocycles. The summed E-state index contributed by atoms with van der Waals surface area (Å²) in [4.78, 5) is 4.23. The van der Waals surface area contributed by atoms with E-state index in [4.69, 9.17) is 4.74 Å². The predicted octanol–water partition coefficient (Wildman–Crippen LogP) is 2.81. The van der Waals surface area contributed by atoms with Crippen LogP contribution in [0, 0.1) is 5.92 Å². The summed E-state index contributed by atoms with van der Waals surface area (Å²) in [6.45, 7) is 2.60. The largest absolute Gasteiger partial charge is 0.494 e. The zero-order chi connectivity index (χ0) is 14.8. The minimum atomic E-state index is 0.718. The third-order valence-corrected chi connectivity index (χ3v) is 3.63. The summed E-state index contributed by atoms with van der Waals surface area (Å²) in [6.07, 6.45) is 6.43. The van der Waals surface area contributed by atoms with Gasteiger partial charge in [-0.05, 0) is 37.3 Å². The predicted molar refractivity (Wildman–Crippen MR) is 87.9 cm³/mol. The monoisotopic (exact) mass is 289 g/mol. The molecule has 4 nitrogen and oxygen atoms in total. The lowest BCUT2D eigenvalue weighted by atomic mass is 10.2. The summed E-state index contributed by atoms with van der Waals surface area (Å²) in [6, 6.07) is 9.93. The Bertz CT molecular complexity index is 415. The lowest BCUT2D eigenvalue weighted by Gasteiger charge is -2.12. The Hall–Kier alpha value is -1.71. The van der Waals surface area contributed by atoms with Crippen molar-refractivity contribution in [2.24, 2.45) is 10.9 Å². The van der Waals surface area contributed by atoms with Crippen LogP contribution in [0.2, 0.25) is 0 Å². The molecule has 0 bridgehead atoms. The number of hydrogen-bond acceptors (Lipinski definition) is 2. The minimum absolute atomic E-state index is 0.718. The molecule has 1 aliphatic rings. The molecule has 1 aliphatic carbocycles. The zero-order valence-corrected chi connectivity index (χ0v) is 13.0. The summed E-state index contributed by atoms with van der Waals surface area (Å²) < 4.78 is 5.65. The SMILES string of the molecule is CN=C(NCCCOc1ccccc1)NCCCC1CC1. The van der Waals surface area contributed by atoms with Crippen LogP contribution in [0.4, 0.5) is 0 Å². The van der Waals surface area contributed by atoms with E-state index >= 15 is 0 Å². The first-order chi connectivity index (χ1) is 10.4. The van der Waals surface area contributed by atoms with Crippen molar-refractivity contribution in [2.75, 3.05) is 26.7 Å². The molecule has 0 radical (unpaired) electrons. The van der Waals surface area contributed by atoms with Crippen molar-refractivity contribution in [3.63, 3.8) is 0 Å². The van der Waals surface area contributed by atoms with Gasteiger partial charge in [-0.3, -0.25) is 4.99 Å². The molecule has 116 valence electrons. The van der Waals surface area contributed by atoms with Gasteiger partial charge in [0.2, 0.25) is 0 Å². The average Bonchev–Trinajstić information content (AvgIpc) is 3.34. The summed E-state index contributed by atoms with van der Waals surface area (Å²) in [5, 5.41) is 6.68. The van der Waals surface area contributed by atoms with E-state index < -0.39 is 0 Å². The number of aliphatic imine (C=N–C) groups is 1. The van der Waals surface area contributed by atoms with Crippen LogP contribution in [0.1, 0.15) is 32.1 Å². The summed E-state index contributed by atoms with van der Waals surface area (Å²) in [5.41, 5.74) is 0. The summed E-state index contributed by atoms with van der Waals surface area (Å²) in [7, 11) is 1.82. The Labute approximate surface area is 128 Å². The molecule has 0 spiro atoms. The average molecular weight is 289 g/mol. The van der Waals surface area contributed by atoms with Gasteiger partial charge in [-0.15, -0.1) is 0 Å². The number of ether oxygens (including phenoxy) is 1. The van der Waals surface area contributed by atoms with Crippen LogP contribution in [-0.4, -0.2) is 32.7 Å². The highest BCUT2D eigenvalue weighted by Crippen LogP contribution is 2.33. The topological polar surface area (TPSA) is 45.7 Å². The highest BCUT2D eigenvalue weighted by molar-refractivity contribution is 5.79. The van der Waals surface area contributed by atoms with E-state index in [1.165, 1.54) is 25.7 Å². The van der Waals surface area contributed by atoms with Crippen molar-refractivity contribution in [1.29, 1.82) is 0 Å². The Morgan fingerprint density at radius 2 is 1.86 bits per heavy atom. The molecule has 0 atom stereocenters. The van der Waals surface area contributed by atoms with Crippen molar-refractivity contribution in [3.05, 3.63) is 30.3 Å². The Morgan fingerprint density at radius 1 is 1.14 bits per heavy atom. The molecular weight excluding hydrogens is 262 g/mol. The van der Waals surface area contributed by atoms with Gasteiger partial charge in [0, 0.05) is 20.1 Å². The molecule has 1 aromatic carbocycles. The third kappa shape index (κ3) is 7.02. The number of nitrogens with zero attached hydrogens (tertiary/aromatic N) is 1. The number of guanidine groups is 1. The Balaban J connectivity index is 1.47. The van der Waals surface area contributed by atoms with Crippen molar-refractivity contribution in [1.82, 2.24) is 10.6 Å². The van der Waals surface area contributed by atoms with E-state index in [0.29, 0.717) is 0 Å². The molecule has 0 saturated heterocycles. The molecule has 0 amide bonds. The molecule has 21 heavy (non-hydrogen) atoms. The van der Waals surface area contributed by atoms with Crippen molar-refractivity contribution < 1.29 is 4.74 Å². The molecule has 0 unspecified atom stereocenters. The Morgan fingerprint density at radius 3 is 2.52 bits per heavy atom. The van der Waals surface area contributed by atoms with Gasteiger partial charge in [0.25, 0.3) is 0 Å². The van der Waals surface area contributed by atoms with Gasteiger partial charge in [-0.1, -0.05) is 31.0 Å². The van der Waals surface area contributed by atoms with E-state index in [1.807, 2.05) is 37.4 Å². The fourth-order valence-electron chi connectivity index (χ4n) is 2.21. The van der Waals surface area contributed by atoms with Crippen LogP contribution >= 0.6 is 0 Å². The molecule has 1 aromatic rings. The second-order valence-electron chi connectivity index (χ2n) is 5.53. The summed E-state index contributed by atoms with van der Waals surface area (Å²) >= 11 is 0. The van der Waals surface area contributed by atoms with Crippen molar-refractivity contribution >= 4 is 5.96 Å². The number of hydrogen-bond donors (Lipinski definition) is 2. The highest BCUT2D eigenvalue weighted by Gasteiger charge is 2.19. The lowest BCUT2D eigenvalue weighted by Crippen LogP contribution is -2.38.